The molecule has 1 nitrogen and oxygen atoms in total. The molecule has 1 aliphatic rings. The van der Waals surface area contributed by atoms with Gasteiger partial charge in [-0.2, -0.15) is 0 Å². The molecule has 0 bridgehead atoms. The Kier molecular flexibility index (Phi) is 4.36. The highest BCUT2D eigenvalue weighted by Gasteiger charge is 2.62. The van der Waals surface area contributed by atoms with Gasteiger partial charge < -0.3 is 0 Å². The van der Waals surface area contributed by atoms with Gasteiger partial charge in [0.15, 0.2) is 0 Å². The van der Waals surface area contributed by atoms with Crippen LogP contribution in [0.1, 0.15) is 66.2 Å². The molecule has 3 unspecified atom stereocenters. The molecule has 0 aromatic rings. The monoisotopic (exact) mass is 210 g/mol. The van der Waals surface area contributed by atoms with Crippen LogP contribution in [0, 0.1) is 17.3 Å². The van der Waals surface area contributed by atoms with E-state index in [1.165, 1.54) is 32.1 Å². The Bertz CT molecular complexity index is 221. The van der Waals surface area contributed by atoms with E-state index < -0.39 is 0 Å². The maximum absolute atomic E-state index is 11.9. The first kappa shape index (κ1) is 12.7. The first-order valence-electron chi connectivity index (χ1n) is 6.67. The van der Waals surface area contributed by atoms with Gasteiger partial charge in [0, 0.05) is 11.3 Å². The summed E-state index contributed by atoms with van der Waals surface area (Å²) < 4.78 is 0. The molecule has 1 heteroatoms. The predicted molar refractivity (Wildman–Crippen MR) is 64.8 cm³/mol. The second kappa shape index (κ2) is 5.14. The van der Waals surface area contributed by atoms with Crippen LogP contribution in [0.5, 0.6) is 0 Å². The molecule has 0 radical (unpaired) electrons. The van der Waals surface area contributed by atoms with Crippen molar-refractivity contribution in [1.82, 2.24) is 0 Å². The Labute approximate surface area is 94.6 Å². The Morgan fingerprint density at radius 2 is 1.87 bits per heavy atom. The van der Waals surface area contributed by atoms with Gasteiger partial charge in [0.1, 0.15) is 5.78 Å². The molecule has 88 valence electrons. The van der Waals surface area contributed by atoms with Gasteiger partial charge in [-0.1, -0.05) is 47.0 Å². The maximum Gasteiger partial charge on any atom is 0.143 e. The zero-order valence-electron chi connectivity index (χ0n) is 10.8. The molecule has 0 amide bonds. The van der Waals surface area contributed by atoms with Crippen LogP contribution in [0.15, 0.2) is 0 Å². The summed E-state index contributed by atoms with van der Waals surface area (Å²) in [6.07, 6.45) is 7.28. The van der Waals surface area contributed by atoms with Crippen molar-refractivity contribution in [2.75, 3.05) is 0 Å². The third-order valence-corrected chi connectivity index (χ3v) is 4.29. The summed E-state index contributed by atoms with van der Waals surface area (Å²) in [5.74, 6) is 1.57. The zero-order chi connectivity index (χ0) is 11.5. The fourth-order valence-electron chi connectivity index (χ4n) is 3.14. The van der Waals surface area contributed by atoms with Gasteiger partial charge in [-0.3, -0.25) is 4.79 Å². The van der Waals surface area contributed by atoms with Crippen LogP contribution in [-0.2, 0) is 4.79 Å². The Morgan fingerprint density at radius 1 is 1.20 bits per heavy atom. The summed E-state index contributed by atoms with van der Waals surface area (Å²) in [6, 6.07) is 0. The molecule has 3 atom stereocenters. The minimum absolute atomic E-state index is 0.0555. The topological polar surface area (TPSA) is 17.1 Å². The third kappa shape index (κ3) is 2.26. The highest BCUT2D eigenvalue weighted by Crippen LogP contribution is 2.57. The van der Waals surface area contributed by atoms with Crippen LogP contribution in [-0.4, -0.2) is 5.78 Å². The molecule has 0 heterocycles. The zero-order valence-corrected chi connectivity index (χ0v) is 10.8. The van der Waals surface area contributed by atoms with E-state index >= 15 is 0 Å². The van der Waals surface area contributed by atoms with Crippen molar-refractivity contribution in [1.29, 1.82) is 0 Å². The van der Waals surface area contributed by atoms with Crippen LogP contribution in [0.3, 0.4) is 0 Å². The van der Waals surface area contributed by atoms with E-state index in [9.17, 15) is 4.79 Å². The largest absolute Gasteiger partial charge is 0.299 e. The first-order valence-corrected chi connectivity index (χ1v) is 6.67. The smallest absolute Gasteiger partial charge is 0.143 e. The van der Waals surface area contributed by atoms with E-state index in [-0.39, 0.29) is 5.41 Å². The summed E-state index contributed by atoms with van der Waals surface area (Å²) in [7, 11) is 0. The summed E-state index contributed by atoms with van der Waals surface area (Å²) in [6.45, 7) is 8.82. The molecular weight excluding hydrogens is 184 g/mol. The standard InChI is InChI=1S/C14H26O/c1-5-8-10-11(9-6-2)14(4)12(7-3)13(14)15/h11-12H,5-10H2,1-4H3. The molecular formula is C14H26O. The SMILES string of the molecule is CCCCC(CCC)C1(C)C(=O)C1CC. The number of Topliss-reactive ketones (excluding diaryl/α,β-unsaturated/α-hetero) is 1. The van der Waals surface area contributed by atoms with Crippen molar-refractivity contribution in [2.24, 2.45) is 17.3 Å². The van der Waals surface area contributed by atoms with Crippen LogP contribution < -0.4 is 0 Å². The van der Waals surface area contributed by atoms with Crippen LogP contribution in [0.2, 0.25) is 0 Å². The van der Waals surface area contributed by atoms with Crippen molar-refractivity contribution in [3.05, 3.63) is 0 Å². The second-order valence-electron chi connectivity index (χ2n) is 5.24. The molecule has 0 aromatic heterocycles. The number of hydrogen-bond acceptors (Lipinski definition) is 1. The average molecular weight is 210 g/mol. The van der Waals surface area contributed by atoms with Crippen molar-refractivity contribution < 1.29 is 4.79 Å². The summed E-state index contributed by atoms with van der Waals surface area (Å²) in [4.78, 5) is 11.9. The van der Waals surface area contributed by atoms with Gasteiger partial charge in [0.05, 0.1) is 0 Å². The maximum atomic E-state index is 11.9. The van der Waals surface area contributed by atoms with Gasteiger partial charge in [0.25, 0.3) is 0 Å². The lowest BCUT2D eigenvalue weighted by atomic mass is 9.81. The molecule has 15 heavy (non-hydrogen) atoms. The Balaban J connectivity index is 2.59. The fourth-order valence-corrected chi connectivity index (χ4v) is 3.14. The van der Waals surface area contributed by atoms with Gasteiger partial charge in [0.2, 0.25) is 0 Å². The van der Waals surface area contributed by atoms with Crippen molar-refractivity contribution in [3.8, 4) is 0 Å². The van der Waals surface area contributed by atoms with Crippen LogP contribution >= 0.6 is 0 Å². The van der Waals surface area contributed by atoms with E-state index in [0.29, 0.717) is 17.6 Å². The van der Waals surface area contributed by atoms with Crippen molar-refractivity contribution >= 4 is 5.78 Å². The van der Waals surface area contributed by atoms with E-state index in [1.54, 1.807) is 0 Å². The van der Waals surface area contributed by atoms with E-state index in [2.05, 4.69) is 27.7 Å². The molecule has 1 rings (SSSR count). The number of hydrogen-bond donors (Lipinski definition) is 0. The van der Waals surface area contributed by atoms with Crippen molar-refractivity contribution in [2.45, 2.75) is 66.2 Å². The van der Waals surface area contributed by atoms with Crippen molar-refractivity contribution in [3.63, 3.8) is 0 Å². The fraction of sp³-hybridized carbons (Fsp3) is 0.929. The quantitative estimate of drug-likeness (QED) is 0.615. The molecule has 1 fully saturated rings. The Morgan fingerprint density at radius 3 is 2.27 bits per heavy atom. The molecule has 0 aliphatic heterocycles. The van der Waals surface area contributed by atoms with Gasteiger partial charge in [-0.25, -0.2) is 0 Å². The van der Waals surface area contributed by atoms with Crippen LogP contribution in [0.25, 0.3) is 0 Å². The normalized spacial score (nSPS) is 31.7. The summed E-state index contributed by atoms with van der Waals surface area (Å²) >= 11 is 0. The van der Waals surface area contributed by atoms with Crippen LogP contribution in [0.4, 0.5) is 0 Å². The van der Waals surface area contributed by atoms with E-state index in [1.807, 2.05) is 0 Å². The minimum Gasteiger partial charge on any atom is -0.299 e. The number of carbonyl (C=O) groups excluding carboxylic acids is 1. The average Bonchev–Trinajstić information content (AvgIpc) is 2.76. The van der Waals surface area contributed by atoms with Gasteiger partial charge in [-0.05, 0) is 25.2 Å². The second-order valence-corrected chi connectivity index (χ2v) is 5.24. The number of ketones is 1. The summed E-state index contributed by atoms with van der Waals surface area (Å²) in [5.41, 5.74) is 0.0555. The highest BCUT2D eigenvalue weighted by molar-refractivity contribution is 6.03. The molecule has 1 saturated carbocycles. The molecule has 0 aromatic carbocycles. The Hall–Kier alpha value is -0.330. The number of carbonyl (C=O) groups is 1. The number of rotatable bonds is 7. The minimum atomic E-state index is 0.0555. The predicted octanol–water partition coefficient (Wildman–Crippen LogP) is 4.21. The third-order valence-electron chi connectivity index (χ3n) is 4.29. The van der Waals surface area contributed by atoms with Gasteiger partial charge in [-0.15, -0.1) is 0 Å². The molecule has 0 saturated heterocycles. The van der Waals surface area contributed by atoms with E-state index in [4.69, 9.17) is 0 Å². The number of unbranched alkanes of at least 4 members (excludes halogenated alkanes) is 1. The van der Waals surface area contributed by atoms with E-state index in [0.717, 1.165) is 6.42 Å². The summed E-state index contributed by atoms with van der Waals surface area (Å²) in [5, 5.41) is 0. The lowest BCUT2D eigenvalue weighted by Crippen LogP contribution is -2.16. The first-order chi connectivity index (χ1) is 7.12. The molecule has 0 spiro atoms. The van der Waals surface area contributed by atoms with Gasteiger partial charge >= 0.3 is 0 Å². The lowest BCUT2D eigenvalue weighted by molar-refractivity contribution is -0.114. The molecule has 1 aliphatic carbocycles. The highest BCUT2D eigenvalue weighted by atomic mass is 16.1. The lowest BCUT2D eigenvalue weighted by Gasteiger charge is -2.22. The molecule has 0 N–H and O–H groups in total.